The van der Waals surface area contributed by atoms with Gasteiger partial charge in [-0.1, -0.05) is 24.3 Å². The molecule has 0 unspecified atom stereocenters. The van der Waals surface area contributed by atoms with Gasteiger partial charge in [0.25, 0.3) is 6.01 Å². The zero-order valence-electron chi connectivity index (χ0n) is 13.0. The first-order chi connectivity index (χ1) is 11.3. The number of para-hydroxylation sites is 4. The fraction of sp³-hybridized carbons (Fsp3) is 0.222. The topological polar surface area (TPSA) is 55.9 Å². The predicted octanol–water partition coefficient (Wildman–Crippen LogP) is 3.85. The van der Waals surface area contributed by atoms with E-state index in [1.165, 1.54) is 5.52 Å². The SMILES string of the molecule is CCn1c(CCNc2nc3ccccc3o2)nc2ccccc21. The van der Waals surface area contributed by atoms with Crippen molar-refractivity contribution in [2.45, 2.75) is 19.9 Å². The van der Waals surface area contributed by atoms with Gasteiger partial charge in [-0.05, 0) is 31.2 Å². The lowest BCUT2D eigenvalue weighted by molar-refractivity contribution is 0.612. The van der Waals surface area contributed by atoms with Crippen LogP contribution >= 0.6 is 0 Å². The number of anilines is 1. The molecule has 4 rings (SSSR count). The molecular formula is C18H18N4O. The molecule has 1 N–H and O–H groups in total. The van der Waals surface area contributed by atoms with Gasteiger partial charge in [0, 0.05) is 19.5 Å². The Bertz CT molecular complexity index is 921. The Balaban J connectivity index is 1.50. The molecule has 0 bridgehead atoms. The first kappa shape index (κ1) is 13.8. The summed E-state index contributed by atoms with van der Waals surface area (Å²) in [6, 6.07) is 16.6. The maximum atomic E-state index is 5.67. The molecule has 0 saturated carbocycles. The van der Waals surface area contributed by atoms with E-state index in [1.807, 2.05) is 30.3 Å². The molecule has 2 aromatic heterocycles. The van der Waals surface area contributed by atoms with Gasteiger partial charge in [0.1, 0.15) is 11.3 Å². The molecule has 2 aromatic carbocycles. The van der Waals surface area contributed by atoms with E-state index in [1.54, 1.807) is 0 Å². The summed E-state index contributed by atoms with van der Waals surface area (Å²) in [5, 5.41) is 3.25. The van der Waals surface area contributed by atoms with Crippen LogP contribution in [0.2, 0.25) is 0 Å². The summed E-state index contributed by atoms with van der Waals surface area (Å²) in [5.74, 6) is 1.08. The minimum absolute atomic E-state index is 0.561. The van der Waals surface area contributed by atoms with Crippen LogP contribution in [0.1, 0.15) is 12.7 Å². The van der Waals surface area contributed by atoms with Gasteiger partial charge in [-0.2, -0.15) is 4.98 Å². The van der Waals surface area contributed by atoms with E-state index in [0.29, 0.717) is 6.01 Å². The van der Waals surface area contributed by atoms with Crippen molar-refractivity contribution in [2.75, 3.05) is 11.9 Å². The maximum absolute atomic E-state index is 5.67. The van der Waals surface area contributed by atoms with E-state index in [9.17, 15) is 0 Å². The molecule has 0 radical (unpaired) electrons. The molecule has 0 spiro atoms. The number of hydrogen-bond donors (Lipinski definition) is 1. The third kappa shape index (κ3) is 2.54. The van der Waals surface area contributed by atoms with Crippen LogP contribution in [0, 0.1) is 0 Å². The van der Waals surface area contributed by atoms with Gasteiger partial charge in [0.2, 0.25) is 0 Å². The number of oxazole rings is 1. The van der Waals surface area contributed by atoms with Gasteiger partial charge in [0.15, 0.2) is 5.58 Å². The van der Waals surface area contributed by atoms with Crippen LogP contribution < -0.4 is 5.32 Å². The minimum Gasteiger partial charge on any atom is -0.424 e. The second kappa shape index (κ2) is 5.76. The van der Waals surface area contributed by atoms with Crippen molar-refractivity contribution >= 4 is 28.1 Å². The number of imidazole rings is 1. The van der Waals surface area contributed by atoms with Crippen LogP contribution in [0.4, 0.5) is 6.01 Å². The third-order valence-corrected chi connectivity index (χ3v) is 3.97. The number of hydrogen-bond acceptors (Lipinski definition) is 4. The first-order valence-electron chi connectivity index (χ1n) is 7.89. The van der Waals surface area contributed by atoms with Crippen molar-refractivity contribution in [3.63, 3.8) is 0 Å². The zero-order valence-corrected chi connectivity index (χ0v) is 13.0. The highest BCUT2D eigenvalue weighted by atomic mass is 16.4. The number of aryl methyl sites for hydroxylation is 1. The van der Waals surface area contributed by atoms with Gasteiger partial charge in [-0.25, -0.2) is 4.98 Å². The standard InChI is InChI=1S/C18H18N4O/c1-2-22-15-9-5-3-7-13(15)20-17(22)11-12-19-18-21-14-8-4-6-10-16(14)23-18/h3-10H,2,11-12H2,1H3,(H,19,21). The molecule has 0 aliphatic heterocycles. The molecule has 5 heteroatoms. The molecular weight excluding hydrogens is 288 g/mol. The lowest BCUT2D eigenvalue weighted by Gasteiger charge is -2.06. The van der Waals surface area contributed by atoms with Crippen molar-refractivity contribution in [1.29, 1.82) is 0 Å². The summed E-state index contributed by atoms with van der Waals surface area (Å²) in [4.78, 5) is 9.15. The molecule has 2 heterocycles. The van der Waals surface area contributed by atoms with Crippen molar-refractivity contribution in [3.05, 3.63) is 54.4 Å². The lowest BCUT2D eigenvalue weighted by atomic mass is 10.3. The Morgan fingerprint density at radius 2 is 1.78 bits per heavy atom. The molecule has 4 aromatic rings. The van der Waals surface area contributed by atoms with Gasteiger partial charge in [-0.15, -0.1) is 0 Å². The highest BCUT2D eigenvalue weighted by Crippen LogP contribution is 2.19. The summed E-state index contributed by atoms with van der Waals surface area (Å²) in [5.41, 5.74) is 3.91. The fourth-order valence-electron chi connectivity index (χ4n) is 2.90. The molecule has 5 nitrogen and oxygen atoms in total. The predicted molar refractivity (Wildman–Crippen MR) is 91.6 cm³/mol. The fourth-order valence-corrected chi connectivity index (χ4v) is 2.90. The summed E-state index contributed by atoms with van der Waals surface area (Å²) in [6.45, 7) is 3.79. The average molecular weight is 306 g/mol. The summed E-state index contributed by atoms with van der Waals surface area (Å²) < 4.78 is 7.93. The number of aromatic nitrogens is 3. The number of nitrogens with one attached hydrogen (secondary N) is 1. The van der Waals surface area contributed by atoms with Gasteiger partial charge in [0.05, 0.1) is 11.0 Å². The number of fused-ring (bicyclic) bond motifs is 2. The molecule has 0 amide bonds. The summed E-state index contributed by atoms with van der Waals surface area (Å²) >= 11 is 0. The van der Waals surface area contributed by atoms with Gasteiger partial charge < -0.3 is 14.3 Å². The van der Waals surface area contributed by atoms with Crippen LogP contribution in [-0.2, 0) is 13.0 Å². The van der Waals surface area contributed by atoms with E-state index in [-0.39, 0.29) is 0 Å². The van der Waals surface area contributed by atoms with Crippen LogP contribution in [0.5, 0.6) is 0 Å². The molecule has 0 fully saturated rings. The minimum atomic E-state index is 0.561. The molecule has 0 aliphatic carbocycles. The largest absolute Gasteiger partial charge is 0.424 e. The van der Waals surface area contributed by atoms with Crippen LogP contribution in [-0.4, -0.2) is 21.1 Å². The van der Waals surface area contributed by atoms with Crippen molar-refractivity contribution in [3.8, 4) is 0 Å². The Hall–Kier alpha value is -2.82. The molecule has 0 atom stereocenters. The maximum Gasteiger partial charge on any atom is 0.295 e. The number of nitrogens with zero attached hydrogens (tertiary/aromatic N) is 3. The molecule has 116 valence electrons. The van der Waals surface area contributed by atoms with E-state index in [0.717, 1.165) is 42.0 Å². The summed E-state index contributed by atoms with van der Waals surface area (Å²) in [6.07, 6.45) is 0.821. The quantitative estimate of drug-likeness (QED) is 0.608. The van der Waals surface area contributed by atoms with Gasteiger partial charge >= 0.3 is 0 Å². The lowest BCUT2D eigenvalue weighted by Crippen LogP contribution is -2.10. The van der Waals surface area contributed by atoms with Crippen molar-refractivity contribution < 1.29 is 4.42 Å². The summed E-state index contributed by atoms with van der Waals surface area (Å²) in [7, 11) is 0. The highest BCUT2D eigenvalue weighted by Gasteiger charge is 2.09. The molecule has 0 aliphatic rings. The average Bonchev–Trinajstić information content (AvgIpc) is 3.14. The van der Waals surface area contributed by atoms with Crippen LogP contribution in [0.25, 0.3) is 22.1 Å². The molecule has 23 heavy (non-hydrogen) atoms. The highest BCUT2D eigenvalue weighted by molar-refractivity contribution is 5.76. The van der Waals surface area contributed by atoms with Gasteiger partial charge in [-0.3, -0.25) is 0 Å². The Morgan fingerprint density at radius 1 is 1.00 bits per heavy atom. The monoisotopic (exact) mass is 306 g/mol. The van der Waals surface area contributed by atoms with Crippen LogP contribution in [0.15, 0.2) is 52.9 Å². The van der Waals surface area contributed by atoms with E-state index in [4.69, 9.17) is 9.40 Å². The molecule has 0 saturated heterocycles. The van der Waals surface area contributed by atoms with E-state index in [2.05, 4.69) is 40.0 Å². The first-order valence-corrected chi connectivity index (χ1v) is 7.89. The normalized spacial score (nSPS) is 11.3. The second-order valence-corrected chi connectivity index (χ2v) is 5.42. The smallest absolute Gasteiger partial charge is 0.295 e. The van der Waals surface area contributed by atoms with E-state index >= 15 is 0 Å². The van der Waals surface area contributed by atoms with Crippen LogP contribution in [0.3, 0.4) is 0 Å². The Kier molecular flexibility index (Phi) is 3.46. The Morgan fingerprint density at radius 3 is 2.61 bits per heavy atom. The Labute approximate surface area is 134 Å². The number of benzene rings is 2. The second-order valence-electron chi connectivity index (χ2n) is 5.42. The number of rotatable bonds is 5. The third-order valence-electron chi connectivity index (χ3n) is 3.97. The van der Waals surface area contributed by atoms with Crippen molar-refractivity contribution in [1.82, 2.24) is 14.5 Å². The zero-order chi connectivity index (χ0) is 15.6. The van der Waals surface area contributed by atoms with E-state index < -0.39 is 0 Å². The van der Waals surface area contributed by atoms with Crippen molar-refractivity contribution in [2.24, 2.45) is 0 Å².